The van der Waals surface area contributed by atoms with Crippen LogP contribution in [-0.4, -0.2) is 31.3 Å². The Balaban J connectivity index is 0.000000132. The van der Waals surface area contributed by atoms with Crippen LogP contribution in [0.2, 0.25) is 0 Å². The number of rotatable bonds is 1. The summed E-state index contributed by atoms with van der Waals surface area (Å²) in [6.45, 7) is 7.78. The maximum absolute atomic E-state index is 5.47. The lowest BCUT2D eigenvalue weighted by molar-refractivity contribution is -0.0892. The molecule has 0 radical (unpaired) electrons. The van der Waals surface area contributed by atoms with Gasteiger partial charge in [-0.2, -0.15) is 0 Å². The first-order valence-electron chi connectivity index (χ1n) is 4.45. The minimum atomic E-state index is -0.228. The number of ether oxygens (including phenoxy) is 2. The molecule has 2 heterocycles. The van der Waals surface area contributed by atoms with Gasteiger partial charge in [0.25, 0.3) is 0 Å². The van der Waals surface area contributed by atoms with E-state index in [9.17, 15) is 0 Å². The van der Waals surface area contributed by atoms with E-state index in [0.717, 1.165) is 26.4 Å². The van der Waals surface area contributed by atoms with Crippen LogP contribution >= 0.6 is 23.2 Å². The quantitative estimate of drug-likeness (QED) is 0.640. The monoisotopic (exact) mass is 226 g/mol. The molecule has 0 amide bonds. The van der Waals surface area contributed by atoms with Gasteiger partial charge in [-0.3, -0.25) is 0 Å². The van der Waals surface area contributed by atoms with Crippen molar-refractivity contribution in [2.75, 3.05) is 26.4 Å². The van der Waals surface area contributed by atoms with Crippen LogP contribution in [0, 0.1) is 11.3 Å². The summed E-state index contributed by atoms with van der Waals surface area (Å²) in [4.78, 5) is -0.228. The molecule has 0 saturated carbocycles. The topological polar surface area (TPSA) is 18.5 Å². The first-order valence-corrected chi connectivity index (χ1v) is 5.32. The lowest BCUT2D eigenvalue weighted by Crippen LogP contribution is -2.36. The van der Waals surface area contributed by atoms with Crippen LogP contribution < -0.4 is 0 Å². The fraction of sp³-hybridized carbons (Fsp3) is 1.00. The van der Waals surface area contributed by atoms with E-state index in [1.807, 2.05) is 0 Å². The smallest absolute Gasteiger partial charge is 0.115 e. The molecule has 2 aliphatic rings. The Labute approximate surface area is 89.5 Å². The average molecular weight is 227 g/mol. The summed E-state index contributed by atoms with van der Waals surface area (Å²) in [5.41, 5.74) is 0.500. The van der Waals surface area contributed by atoms with Crippen molar-refractivity contribution >= 4 is 23.2 Å². The Morgan fingerprint density at radius 1 is 1.15 bits per heavy atom. The third-order valence-electron chi connectivity index (χ3n) is 2.01. The lowest BCUT2D eigenvalue weighted by Gasteiger charge is -2.33. The molecule has 2 fully saturated rings. The van der Waals surface area contributed by atoms with Crippen LogP contribution in [0.1, 0.15) is 13.8 Å². The van der Waals surface area contributed by atoms with E-state index in [4.69, 9.17) is 32.7 Å². The van der Waals surface area contributed by atoms with Crippen LogP contribution in [0.15, 0.2) is 0 Å². The Morgan fingerprint density at radius 3 is 1.62 bits per heavy atom. The second kappa shape index (κ2) is 4.83. The van der Waals surface area contributed by atoms with Gasteiger partial charge in [-0.05, 0) is 0 Å². The molecule has 0 spiro atoms. The van der Waals surface area contributed by atoms with E-state index < -0.39 is 0 Å². The fourth-order valence-corrected chi connectivity index (χ4v) is 1.20. The molecule has 0 N–H and O–H groups in total. The van der Waals surface area contributed by atoms with Crippen molar-refractivity contribution in [1.82, 2.24) is 0 Å². The summed E-state index contributed by atoms with van der Waals surface area (Å²) >= 11 is 10.9. The Bertz CT molecular complexity index is 150. The molecule has 0 unspecified atom stereocenters. The van der Waals surface area contributed by atoms with Crippen molar-refractivity contribution in [2.45, 2.75) is 18.7 Å². The highest BCUT2D eigenvalue weighted by atomic mass is 35.5. The van der Waals surface area contributed by atoms with E-state index in [1.54, 1.807) is 0 Å². The molecule has 0 aliphatic carbocycles. The zero-order valence-electron chi connectivity index (χ0n) is 8.06. The summed E-state index contributed by atoms with van der Waals surface area (Å²) in [5, 5.41) is 0. The molecule has 0 aromatic rings. The molecule has 2 aliphatic heterocycles. The molecule has 0 aromatic heterocycles. The van der Waals surface area contributed by atoms with Crippen LogP contribution in [0.3, 0.4) is 0 Å². The standard InChI is InChI=1S/C5H10O.C4H6Cl2O/c1-5(2)3-6-4-5;5-4(6)3-1-7-2-3/h3-4H2,1-2H3;3-4H,1-2H2. The summed E-state index contributed by atoms with van der Waals surface area (Å²) < 4.78 is 9.76. The van der Waals surface area contributed by atoms with Gasteiger partial charge in [0, 0.05) is 11.3 Å². The van der Waals surface area contributed by atoms with Crippen molar-refractivity contribution in [3.63, 3.8) is 0 Å². The van der Waals surface area contributed by atoms with Crippen molar-refractivity contribution in [1.29, 1.82) is 0 Å². The van der Waals surface area contributed by atoms with Crippen LogP contribution in [-0.2, 0) is 9.47 Å². The number of hydrogen-bond donors (Lipinski definition) is 0. The molecular formula is C9H16Cl2O2. The van der Waals surface area contributed by atoms with E-state index in [0.29, 0.717) is 11.3 Å². The van der Waals surface area contributed by atoms with Gasteiger partial charge >= 0.3 is 0 Å². The molecule has 2 rings (SSSR count). The Kier molecular flexibility index (Phi) is 4.30. The first kappa shape index (κ1) is 11.6. The average Bonchev–Trinajstić information content (AvgIpc) is 1.80. The highest BCUT2D eigenvalue weighted by Crippen LogP contribution is 2.24. The summed E-state index contributed by atoms with van der Waals surface area (Å²) in [6, 6.07) is 0. The minimum Gasteiger partial charge on any atom is -0.380 e. The second-order valence-electron chi connectivity index (χ2n) is 4.29. The first-order chi connectivity index (χ1) is 6.01. The molecule has 78 valence electrons. The van der Waals surface area contributed by atoms with Crippen molar-refractivity contribution in [2.24, 2.45) is 11.3 Å². The van der Waals surface area contributed by atoms with Gasteiger partial charge in [0.15, 0.2) is 0 Å². The van der Waals surface area contributed by atoms with Crippen molar-refractivity contribution < 1.29 is 9.47 Å². The fourth-order valence-electron chi connectivity index (χ4n) is 0.910. The zero-order chi connectivity index (χ0) is 9.90. The third-order valence-corrected chi connectivity index (χ3v) is 2.72. The largest absolute Gasteiger partial charge is 0.380 e. The highest BCUT2D eigenvalue weighted by Gasteiger charge is 2.26. The molecule has 0 aromatic carbocycles. The van der Waals surface area contributed by atoms with Crippen LogP contribution in [0.25, 0.3) is 0 Å². The van der Waals surface area contributed by atoms with Gasteiger partial charge in [-0.25, -0.2) is 0 Å². The van der Waals surface area contributed by atoms with Crippen LogP contribution in [0.4, 0.5) is 0 Å². The SMILES string of the molecule is CC1(C)COC1.ClC(Cl)C1COC1. The predicted octanol–water partition coefficient (Wildman–Crippen LogP) is 2.48. The molecule has 2 nitrogen and oxygen atoms in total. The highest BCUT2D eigenvalue weighted by molar-refractivity contribution is 6.44. The molecule has 2 saturated heterocycles. The van der Waals surface area contributed by atoms with Gasteiger partial charge < -0.3 is 9.47 Å². The molecule has 0 bridgehead atoms. The van der Waals surface area contributed by atoms with Gasteiger partial charge in [0.2, 0.25) is 0 Å². The molecule has 13 heavy (non-hydrogen) atoms. The number of alkyl halides is 2. The Morgan fingerprint density at radius 2 is 1.62 bits per heavy atom. The molecular weight excluding hydrogens is 211 g/mol. The van der Waals surface area contributed by atoms with E-state index >= 15 is 0 Å². The summed E-state index contributed by atoms with van der Waals surface area (Å²) in [5.74, 6) is 0.392. The van der Waals surface area contributed by atoms with Crippen LogP contribution in [0.5, 0.6) is 0 Å². The van der Waals surface area contributed by atoms with Crippen molar-refractivity contribution in [3.8, 4) is 0 Å². The molecule has 0 atom stereocenters. The van der Waals surface area contributed by atoms with Gasteiger partial charge in [-0.1, -0.05) is 13.8 Å². The van der Waals surface area contributed by atoms with Gasteiger partial charge in [-0.15, -0.1) is 23.2 Å². The Hall–Kier alpha value is 0.500. The predicted molar refractivity (Wildman–Crippen MR) is 54.4 cm³/mol. The second-order valence-corrected chi connectivity index (χ2v) is 5.45. The normalized spacial score (nSPS) is 25.6. The number of hydrogen-bond acceptors (Lipinski definition) is 2. The van der Waals surface area contributed by atoms with E-state index in [2.05, 4.69) is 13.8 Å². The van der Waals surface area contributed by atoms with E-state index in [1.165, 1.54) is 0 Å². The maximum atomic E-state index is 5.47. The zero-order valence-corrected chi connectivity index (χ0v) is 9.57. The van der Waals surface area contributed by atoms with E-state index in [-0.39, 0.29) is 4.84 Å². The third kappa shape index (κ3) is 4.03. The number of halogens is 2. The van der Waals surface area contributed by atoms with Gasteiger partial charge in [0.1, 0.15) is 4.84 Å². The minimum absolute atomic E-state index is 0.228. The summed E-state index contributed by atoms with van der Waals surface area (Å²) in [7, 11) is 0. The van der Waals surface area contributed by atoms with Gasteiger partial charge in [0.05, 0.1) is 26.4 Å². The lowest BCUT2D eigenvalue weighted by atomic mass is 9.92. The maximum Gasteiger partial charge on any atom is 0.115 e. The molecule has 4 heteroatoms. The summed E-state index contributed by atoms with van der Waals surface area (Å²) in [6.07, 6.45) is 0. The van der Waals surface area contributed by atoms with Crippen molar-refractivity contribution in [3.05, 3.63) is 0 Å².